The maximum atomic E-state index is 15.5. The molecular formula is C96H122N16O18S. The Morgan fingerprint density at radius 3 is 1.46 bits per heavy atom. The van der Waals surface area contributed by atoms with E-state index in [2.05, 4.69) is 47.9 Å². The van der Waals surface area contributed by atoms with Gasteiger partial charge in [-0.15, -0.1) is 11.8 Å². The Kier molecular flexibility index (Phi) is 39.6. The molecule has 131 heavy (non-hydrogen) atoms. The van der Waals surface area contributed by atoms with Gasteiger partial charge >= 0.3 is 5.97 Å². The number of carbonyl (C=O) groups excluding carboxylic acids is 15. The van der Waals surface area contributed by atoms with Crippen LogP contribution in [0.3, 0.4) is 0 Å². The molecule has 0 unspecified atom stereocenters. The number of hydrogen-bond donors (Lipinski definition) is 13. The van der Waals surface area contributed by atoms with Gasteiger partial charge < -0.3 is 94.0 Å². The Labute approximate surface area is 767 Å². The molecule has 0 aromatic heterocycles. The number of aliphatic carboxylic acids is 1. The van der Waals surface area contributed by atoms with Crippen LogP contribution in [0.25, 0.3) is 10.8 Å². The first-order valence-corrected chi connectivity index (χ1v) is 44.8. The molecule has 0 radical (unpaired) electrons. The third kappa shape index (κ3) is 31.4. The molecule has 1 aliphatic heterocycles. The van der Waals surface area contributed by atoms with E-state index in [-0.39, 0.29) is 75.3 Å². The van der Waals surface area contributed by atoms with Crippen LogP contribution in [0, 0.1) is 11.8 Å². The summed E-state index contributed by atoms with van der Waals surface area (Å²) < 4.78 is 0. The summed E-state index contributed by atoms with van der Waals surface area (Å²) in [6.07, 6.45) is -1.37. The van der Waals surface area contributed by atoms with Gasteiger partial charge in [-0.1, -0.05) is 217 Å². The molecule has 8 rings (SSSR count). The number of likely N-dealkylation sites (N-methyl/N-ethyl adjacent to an activating group) is 5. The number of fused-ring (bicyclic) bond motifs is 1. The number of amides is 15. The number of primary amides is 1. The first-order chi connectivity index (χ1) is 62.4. The Morgan fingerprint density at radius 2 is 0.901 bits per heavy atom. The van der Waals surface area contributed by atoms with Gasteiger partial charge in [0.1, 0.15) is 72.2 Å². The summed E-state index contributed by atoms with van der Waals surface area (Å²) in [5.41, 5.74) is 15.4. The zero-order chi connectivity index (χ0) is 95.7. The largest absolute Gasteiger partial charge is 0.508 e. The van der Waals surface area contributed by atoms with Gasteiger partial charge in [0.05, 0.1) is 31.8 Å². The molecule has 0 spiro atoms. The minimum absolute atomic E-state index is 0.0332. The minimum Gasteiger partial charge on any atom is -0.508 e. The molecule has 11 atom stereocenters. The standard InChI is InChI=1S/C96H122N16O18S/c1-11-12-35-77-94(128)109(7)55-82(116)101-73(51-84(118)119)90(124)107-85(59(4)5)96(130)111(9)78(48-61-27-18-14-19-28-61)91(125)105-74(47-64-40-42-68(113)43-41-64)92(126)108(6)54-81(115)100-72(50-67-33-24-32-66-31-22-23-34-69(66)67)89(123)104-71(45-63-36-38-65(52-97)39-37-63)88(122)103-70(44-58(2)3)87(121)106-76(86(120)99-53-80(98)114)56-131-57-83(117)102-75(46-60-25-16-13-17-26-60)93(127)112(10)79(95(129)110(77)8)49-62-29-20-15-21-30-62/h13-34,36-43,58-59,70-79,85,113H,11-12,35,44-57,97H2,1-10H3,(H2,98,114)(H,99,120)(H,100,115)(H,101,116)(H,102,117)(H,103,122)(H,104,123)(H,105,125)(H,106,121)(H,107,124)(H,118,119)/t70-,71-,72-,73-,74-,75-,76-,77-,78-,79-,85-/m0/s1. The number of carbonyl (C=O) groups is 16. The van der Waals surface area contributed by atoms with Crippen LogP contribution in [0.2, 0.25) is 0 Å². The Morgan fingerprint density at radius 1 is 0.450 bits per heavy atom. The first-order valence-electron chi connectivity index (χ1n) is 43.6. The zero-order valence-electron chi connectivity index (χ0n) is 75.6. The number of nitrogens with two attached hydrogens (primary N) is 2. The van der Waals surface area contributed by atoms with Gasteiger partial charge in [-0.3, -0.25) is 76.7 Å². The summed E-state index contributed by atoms with van der Waals surface area (Å²) in [5.74, 6) is -17.0. The molecule has 7 aromatic carbocycles. The lowest BCUT2D eigenvalue weighted by molar-refractivity contribution is -0.151. The number of carboxylic acid groups (broad SMARTS) is 1. The third-order valence-electron chi connectivity index (χ3n) is 22.6. The Bertz CT molecular complexity index is 5130. The van der Waals surface area contributed by atoms with E-state index in [1.54, 1.807) is 161 Å². The number of nitrogens with zero attached hydrogens (tertiary/aromatic N) is 5. The number of thioether (sulfide) groups is 1. The summed E-state index contributed by atoms with van der Waals surface area (Å²) in [7, 11) is 6.58. The number of carboxylic acids is 1. The predicted octanol–water partition coefficient (Wildman–Crippen LogP) is 2.75. The van der Waals surface area contributed by atoms with Gasteiger partial charge in [-0.05, 0) is 86.5 Å². The van der Waals surface area contributed by atoms with Crippen LogP contribution in [0.1, 0.15) is 106 Å². The van der Waals surface area contributed by atoms with Crippen molar-refractivity contribution in [3.8, 4) is 5.75 Å². The first kappa shape index (κ1) is 103. The monoisotopic (exact) mass is 1820 g/mol. The quantitative estimate of drug-likeness (QED) is 0.0414. The van der Waals surface area contributed by atoms with Crippen LogP contribution >= 0.6 is 11.8 Å². The van der Waals surface area contributed by atoms with Gasteiger partial charge in [-0.2, -0.15) is 0 Å². The van der Waals surface area contributed by atoms with Gasteiger partial charge in [0.25, 0.3) is 0 Å². The van der Waals surface area contributed by atoms with Crippen molar-refractivity contribution in [2.45, 2.75) is 178 Å². The van der Waals surface area contributed by atoms with Gasteiger partial charge in [0, 0.05) is 86.1 Å². The molecule has 35 heteroatoms. The highest BCUT2D eigenvalue weighted by Gasteiger charge is 2.42. The lowest BCUT2D eigenvalue weighted by atomic mass is 9.97. The molecular weight excluding hydrogens is 1700 g/mol. The van der Waals surface area contributed by atoms with Crippen LogP contribution in [-0.4, -0.2) is 262 Å². The predicted molar refractivity (Wildman–Crippen MR) is 494 cm³/mol. The molecule has 1 saturated heterocycles. The van der Waals surface area contributed by atoms with Crippen molar-refractivity contribution in [1.29, 1.82) is 0 Å². The SMILES string of the molecule is CCCC[C@H]1C(=O)N(C)CC(=O)N[C@@H](CC(=O)O)C(=O)N[C@@H](C(C)C)C(=O)N(C)[C@@H](Cc2ccccc2)C(=O)N[C@@H](Cc2ccc(O)cc2)C(=O)N(C)CC(=O)N[C@@H](Cc2cccc3ccccc23)C(=O)N[C@@H](Cc2ccc(CN)cc2)C(=O)N[C@@H](CC(C)C)C(=O)N[C@H](C(=O)NCC(N)=O)CSCC(=O)N[C@@H](Cc2ccccc2)C(=O)N(C)[C@@H](Cc2ccccc2)C(=O)N1C. The third-order valence-corrected chi connectivity index (χ3v) is 23.6. The van der Waals surface area contributed by atoms with E-state index in [4.69, 9.17) is 11.5 Å². The van der Waals surface area contributed by atoms with Crippen LogP contribution in [0.5, 0.6) is 5.75 Å². The van der Waals surface area contributed by atoms with Crippen molar-refractivity contribution in [2.75, 3.05) is 66.4 Å². The maximum Gasteiger partial charge on any atom is 0.305 e. The van der Waals surface area contributed by atoms with E-state index in [0.29, 0.717) is 51.6 Å². The molecule has 700 valence electrons. The van der Waals surface area contributed by atoms with Crippen molar-refractivity contribution in [3.63, 3.8) is 0 Å². The van der Waals surface area contributed by atoms with Gasteiger partial charge in [-0.25, -0.2) is 0 Å². The molecule has 1 fully saturated rings. The highest BCUT2D eigenvalue weighted by Crippen LogP contribution is 2.25. The highest BCUT2D eigenvalue weighted by molar-refractivity contribution is 8.00. The number of nitrogens with one attached hydrogen (secondary N) is 9. The maximum absolute atomic E-state index is 15.5. The molecule has 15 amide bonds. The fourth-order valence-corrected chi connectivity index (χ4v) is 16.2. The summed E-state index contributed by atoms with van der Waals surface area (Å²) in [4.78, 5) is 241. The lowest BCUT2D eigenvalue weighted by Crippen LogP contribution is -2.61. The second-order valence-electron chi connectivity index (χ2n) is 33.7. The average Bonchev–Trinajstić information content (AvgIpc) is 0.801. The molecule has 7 aromatic rings. The van der Waals surface area contributed by atoms with Crippen LogP contribution in [0.15, 0.2) is 182 Å². The fraction of sp³-hybridized carbons (Fsp3) is 0.417. The molecule has 0 bridgehead atoms. The zero-order valence-corrected chi connectivity index (χ0v) is 76.4. The topological polar surface area (TPSA) is 490 Å². The molecule has 1 heterocycles. The summed E-state index contributed by atoms with van der Waals surface area (Å²) in [5, 5.41) is 46.3. The number of rotatable bonds is 24. The molecule has 34 nitrogen and oxygen atoms in total. The average molecular weight is 1820 g/mol. The number of aromatic hydroxyl groups is 1. The van der Waals surface area contributed by atoms with E-state index in [9.17, 15) is 43.8 Å². The van der Waals surface area contributed by atoms with Crippen LogP contribution in [-0.2, 0) is 122 Å². The number of phenols is 1. The van der Waals surface area contributed by atoms with Crippen LogP contribution < -0.4 is 59.3 Å². The van der Waals surface area contributed by atoms with Gasteiger partial charge in [0.15, 0.2) is 0 Å². The fourth-order valence-electron chi connectivity index (χ4n) is 15.3. The number of unbranched alkanes of at least 4 members (excludes halogenated alkanes) is 1. The van der Waals surface area contributed by atoms with E-state index in [1.807, 2.05) is 31.2 Å². The summed E-state index contributed by atoms with van der Waals surface area (Å²) in [6, 6.07) is 34.2. The summed E-state index contributed by atoms with van der Waals surface area (Å²) in [6.45, 7) is 6.41. The molecule has 15 N–H and O–H groups in total. The Balaban J connectivity index is 1.22. The van der Waals surface area contributed by atoms with Crippen LogP contribution in [0.4, 0.5) is 0 Å². The lowest BCUT2D eigenvalue weighted by Gasteiger charge is -2.37. The number of phenolic OH excluding ortho intramolecular Hbond substituents is 1. The van der Waals surface area contributed by atoms with Crippen molar-refractivity contribution < 1.29 is 86.9 Å². The summed E-state index contributed by atoms with van der Waals surface area (Å²) >= 11 is 0.842. The van der Waals surface area contributed by atoms with E-state index < -0.39 is 199 Å². The smallest absolute Gasteiger partial charge is 0.305 e. The highest BCUT2D eigenvalue weighted by atomic mass is 32.2. The van der Waals surface area contributed by atoms with Crippen molar-refractivity contribution in [2.24, 2.45) is 23.3 Å². The molecule has 1 aliphatic rings. The van der Waals surface area contributed by atoms with E-state index >= 15 is 43.2 Å². The minimum atomic E-state index is -1.90. The van der Waals surface area contributed by atoms with Crippen molar-refractivity contribution >= 4 is 117 Å². The van der Waals surface area contributed by atoms with Crippen molar-refractivity contribution in [1.82, 2.24) is 72.4 Å². The van der Waals surface area contributed by atoms with E-state index in [0.717, 1.165) is 37.4 Å². The Hall–Kier alpha value is -13.6. The second-order valence-corrected chi connectivity index (χ2v) is 34.7. The van der Waals surface area contributed by atoms with E-state index in [1.165, 1.54) is 69.3 Å². The number of benzene rings is 7. The molecule has 0 saturated carbocycles. The number of hydrogen-bond acceptors (Lipinski definition) is 19. The second kappa shape index (κ2) is 50.4. The molecule has 0 aliphatic carbocycles. The van der Waals surface area contributed by atoms with Gasteiger partial charge in [0.2, 0.25) is 88.6 Å². The normalized spacial score (nSPS) is 21.7. The van der Waals surface area contributed by atoms with Crippen molar-refractivity contribution in [3.05, 3.63) is 221 Å².